The monoisotopic (exact) mass is 353 g/mol. The summed E-state index contributed by atoms with van der Waals surface area (Å²) in [6.07, 6.45) is 1.27. The highest BCUT2D eigenvalue weighted by Crippen LogP contribution is 2.12. The van der Waals surface area contributed by atoms with Crippen molar-refractivity contribution in [1.82, 2.24) is 14.9 Å². The molecule has 1 aromatic heterocycles. The van der Waals surface area contributed by atoms with Gasteiger partial charge in [-0.15, -0.1) is 5.10 Å². The number of halogens is 1. The van der Waals surface area contributed by atoms with E-state index in [9.17, 15) is 9.59 Å². The summed E-state index contributed by atoms with van der Waals surface area (Å²) in [5.74, 6) is -0.910. The molecule has 0 unspecified atom stereocenters. The Morgan fingerprint density at radius 1 is 1.30 bits per heavy atom. The third-order valence-electron chi connectivity index (χ3n) is 3.06. The quantitative estimate of drug-likeness (QED) is 0.772. The van der Waals surface area contributed by atoms with Gasteiger partial charge < -0.3 is 10.1 Å². The number of ether oxygens (including phenoxy) is 1. The van der Waals surface area contributed by atoms with Gasteiger partial charge in [0, 0.05) is 11.6 Å². The van der Waals surface area contributed by atoms with Crippen LogP contribution in [0.15, 0.2) is 24.3 Å². The topological polar surface area (TPSA) is 81.2 Å². The van der Waals surface area contributed by atoms with Crippen LogP contribution < -0.4 is 5.32 Å². The van der Waals surface area contributed by atoms with Crippen LogP contribution in [-0.2, 0) is 22.4 Å². The predicted molar refractivity (Wildman–Crippen MR) is 87.7 cm³/mol. The fourth-order valence-corrected chi connectivity index (χ4v) is 2.61. The van der Waals surface area contributed by atoms with Crippen molar-refractivity contribution >= 4 is 35.0 Å². The lowest BCUT2D eigenvalue weighted by atomic mass is 10.1. The van der Waals surface area contributed by atoms with Crippen molar-refractivity contribution in [2.45, 2.75) is 19.8 Å². The van der Waals surface area contributed by atoms with Crippen molar-refractivity contribution in [3.05, 3.63) is 45.4 Å². The summed E-state index contributed by atoms with van der Waals surface area (Å²) < 4.78 is 8.68. The SMILES string of the molecule is CCc1nnsc1C(=O)OCC(=O)NCCc1ccc(Cl)cc1. The first-order valence-electron chi connectivity index (χ1n) is 7.09. The maximum absolute atomic E-state index is 11.8. The molecule has 6 nitrogen and oxygen atoms in total. The van der Waals surface area contributed by atoms with Gasteiger partial charge in [-0.1, -0.05) is 35.1 Å². The number of hydrogen-bond acceptors (Lipinski definition) is 6. The van der Waals surface area contributed by atoms with E-state index >= 15 is 0 Å². The first kappa shape index (κ1) is 17.4. The van der Waals surface area contributed by atoms with Gasteiger partial charge in [0.2, 0.25) is 0 Å². The van der Waals surface area contributed by atoms with E-state index in [1.165, 1.54) is 0 Å². The number of carbonyl (C=O) groups excluding carboxylic acids is 2. The highest BCUT2D eigenvalue weighted by Gasteiger charge is 2.17. The van der Waals surface area contributed by atoms with Crippen LogP contribution in [0.2, 0.25) is 5.02 Å². The number of carbonyl (C=O) groups is 2. The molecule has 0 aliphatic heterocycles. The molecule has 0 spiro atoms. The Balaban J connectivity index is 1.71. The van der Waals surface area contributed by atoms with Crippen LogP contribution in [-0.4, -0.2) is 34.6 Å². The number of benzene rings is 1. The third kappa shape index (κ3) is 5.30. The molecular formula is C15H16ClN3O3S. The Labute approximate surface area is 143 Å². The Kier molecular flexibility index (Phi) is 6.49. The fourth-order valence-electron chi connectivity index (χ4n) is 1.84. The van der Waals surface area contributed by atoms with E-state index in [1.807, 2.05) is 19.1 Å². The highest BCUT2D eigenvalue weighted by atomic mass is 35.5. The summed E-state index contributed by atoms with van der Waals surface area (Å²) in [5, 5.41) is 7.20. The van der Waals surface area contributed by atoms with Gasteiger partial charge in [0.05, 0.1) is 5.69 Å². The van der Waals surface area contributed by atoms with Crippen LogP contribution in [0.4, 0.5) is 0 Å². The first-order valence-corrected chi connectivity index (χ1v) is 8.24. The molecule has 2 aromatic rings. The van der Waals surface area contributed by atoms with Gasteiger partial charge in [-0.2, -0.15) is 0 Å². The van der Waals surface area contributed by atoms with Crippen molar-refractivity contribution in [3.8, 4) is 0 Å². The Bertz CT molecular complexity index is 673. The molecule has 0 radical (unpaired) electrons. The van der Waals surface area contributed by atoms with Crippen LogP contribution in [0.25, 0.3) is 0 Å². The van der Waals surface area contributed by atoms with Crippen LogP contribution >= 0.6 is 23.1 Å². The number of rotatable bonds is 7. The van der Waals surface area contributed by atoms with Crippen molar-refractivity contribution in [1.29, 1.82) is 0 Å². The second-order valence-electron chi connectivity index (χ2n) is 4.70. The number of aryl methyl sites for hydroxylation is 1. The number of hydrogen-bond donors (Lipinski definition) is 1. The van der Waals surface area contributed by atoms with Crippen LogP contribution in [0.3, 0.4) is 0 Å². The molecule has 122 valence electrons. The molecule has 8 heteroatoms. The van der Waals surface area contributed by atoms with Gasteiger partial charge in [-0.25, -0.2) is 4.79 Å². The predicted octanol–water partition coefficient (Wildman–Crippen LogP) is 2.27. The molecule has 1 heterocycles. The minimum absolute atomic E-state index is 0.319. The van der Waals surface area contributed by atoms with E-state index in [4.69, 9.17) is 16.3 Å². The lowest BCUT2D eigenvalue weighted by molar-refractivity contribution is -0.124. The zero-order chi connectivity index (χ0) is 16.7. The summed E-state index contributed by atoms with van der Waals surface area (Å²) in [6.45, 7) is 2.01. The Morgan fingerprint density at radius 3 is 2.74 bits per heavy atom. The second-order valence-corrected chi connectivity index (χ2v) is 5.90. The highest BCUT2D eigenvalue weighted by molar-refractivity contribution is 7.07. The maximum atomic E-state index is 11.8. The molecule has 1 aromatic carbocycles. The average molecular weight is 354 g/mol. The van der Waals surface area contributed by atoms with E-state index in [0.29, 0.717) is 35.0 Å². The van der Waals surface area contributed by atoms with Gasteiger partial charge in [0.15, 0.2) is 11.5 Å². The second kappa shape index (κ2) is 8.59. The average Bonchev–Trinajstić information content (AvgIpc) is 3.03. The molecule has 1 N–H and O–H groups in total. The molecule has 0 saturated heterocycles. The minimum atomic E-state index is -0.565. The van der Waals surface area contributed by atoms with Gasteiger partial charge in [-0.3, -0.25) is 4.79 Å². The zero-order valence-corrected chi connectivity index (χ0v) is 14.1. The minimum Gasteiger partial charge on any atom is -0.451 e. The summed E-state index contributed by atoms with van der Waals surface area (Å²) in [4.78, 5) is 23.9. The number of amides is 1. The molecule has 2 rings (SSSR count). The number of esters is 1. The van der Waals surface area contributed by atoms with E-state index in [0.717, 1.165) is 17.1 Å². The number of nitrogens with one attached hydrogen (secondary N) is 1. The van der Waals surface area contributed by atoms with E-state index in [2.05, 4.69) is 14.9 Å². The molecular weight excluding hydrogens is 338 g/mol. The lowest BCUT2D eigenvalue weighted by Gasteiger charge is -2.06. The van der Waals surface area contributed by atoms with Gasteiger partial charge in [0.25, 0.3) is 5.91 Å². The molecule has 0 aliphatic carbocycles. The largest absolute Gasteiger partial charge is 0.451 e. The van der Waals surface area contributed by atoms with Crippen LogP contribution in [0.5, 0.6) is 0 Å². The van der Waals surface area contributed by atoms with E-state index in [-0.39, 0.29) is 12.5 Å². The van der Waals surface area contributed by atoms with Gasteiger partial charge >= 0.3 is 5.97 Å². The normalized spacial score (nSPS) is 10.3. The summed E-state index contributed by atoms with van der Waals surface area (Å²) in [6, 6.07) is 7.40. The maximum Gasteiger partial charge on any atom is 0.352 e. The van der Waals surface area contributed by atoms with Crippen molar-refractivity contribution in [2.75, 3.05) is 13.2 Å². The first-order chi connectivity index (χ1) is 11.1. The molecule has 23 heavy (non-hydrogen) atoms. The van der Waals surface area contributed by atoms with E-state index in [1.54, 1.807) is 12.1 Å². The molecule has 1 amide bonds. The fraction of sp³-hybridized carbons (Fsp3) is 0.333. The number of aromatic nitrogens is 2. The van der Waals surface area contributed by atoms with Crippen LogP contribution in [0.1, 0.15) is 27.9 Å². The Hall–Kier alpha value is -1.99. The molecule has 0 aliphatic rings. The summed E-state index contributed by atoms with van der Waals surface area (Å²) in [7, 11) is 0. The lowest BCUT2D eigenvalue weighted by Crippen LogP contribution is -2.30. The Morgan fingerprint density at radius 2 is 2.04 bits per heavy atom. The summed E-state index contributed by atoms with van der Waals surface area (Å²) >= 11 is 6.78. The van der Waals surface area contributed by atoms with Gasteiger partial charge in [0.1, 0.15) is 0 Å². The van der Waals surface area contributed by atoms with E-state index < -0.39 is 5.97 Å². The van der Waals surface area contributed by atoms with Crippen molar-refractivity contribution in [3.63, 3.8) is 0 Å². The standard InChI is InChI=1S/C15H16ClN3O3S/c1-2-12-14(23-19-18-12)15(21)22-9-13(20)17-8-7-10-3-5-11(16)6-4-10/h3-6H,2,7-9H2,1H3,(H,17,20). The third-order valence-corrected chi connectivity index (χ3v) is 4.06. The molecule has 0 fully saturated rings. The molecule has 0 saturated carbocycles. The van der Waals surface area contributed by atoms with Crippen molar-refractivity contribution in [2.24, 2.45) is 0 Å². The zero-order valence-electron chi connectivity index (χ0n) is 12.5. The smallest absolute Gasteiger partial charge is 0.352 e. The molecule has 0 bridgehead atoms. The molecule has 0 atom stereocenters. The van der Waals surface area contributed by atoms with Crippen LogP contribution in [0, 0.1) is 0 Å². The van der Waals surface area contributed by atoms with Gasteiger partial charge in [-0.05, 0) is 42.1 Å². The van der Waals surface area contributed by atoms with Crippen molar-refractivity contribution < 1.29 is 14.3 Å². The summed E-state index contributed by atoms with van der Waals surface area (Å²) in [5.41, 5.74) is 1.65. The number of nitrogens with zero attached hydrogens (tertiary/aromatic N) is 2.